The Hall–Kier alpha value is -2.45. The van der Waals surface area contributed by atoms with E-state index in [0.29, 0.717) is 37.6 Å². The zero-order chi connectivity index (χ0) is 20.3. The molecule has 1 aliphatic rings. The van der Waals surface area contributed by atoms with Crippen LogP contribution < -0.4 is 5.32 Å². The van der Waals surface area contributed by atoms with Crippen LogP contribution in [0.2, 0.25) is 5.02 Å². The van der Waals surface area contributed by atoms with E-state index in [0.717, 1.165) is 5.69 Å². The minimum atomic E-state index is -0.610. The highest BCUT2D eigenvalue weighted by Gasteiger charge is 2.32. The fourth-order valence-electron chi connectivity index (χ4n) is 3.23. The number of halogens is 2. The molecule has 1 fully saturated rings. The Bertz CT molecular complexity index is 872. The van der Waals surface area contributed by atoms with Crippen LogP contribution in [-0.2, 0) is 22.7 Å². The van der Waals surface area contributed by atoms with E-state index in [1.165, 1.54) is 12.1 Å². The fraction of sp³-hybridized carbons (Fsp3) is 0.421. The molecule has 1 unspecified atom stereocenters. The summed E-state index contributed by atoms with van der Waals surface area (Å²) in [6, 6.07) is 3.97. The predicted octanol–water partition coefficient (Wildman–Crippen LogP) is 1.86. The molecular weight excluding hydrogens is 385 g/mol. The summed E-state index contributed by atoms with van der Waals surface area (Å²) >= 11 is 5.74. The maximum atomic E-state index is 13.7. The number of nitrogens with zero attached hydrogens (tertiary/aromatic N) is 3. The van der Waals surface area contributed by atoms with Crippen molar-refractivity contribution in [3.05, 3.63) is 52.3 Å². The van der Waals surface area contributed by atoms with Gasteiger partial charge >= 0.3 is 0 Å². The Morgan fingerprint density at radius 3 is 2.93 bits per heavy atom. The van der Waals surface area contributed by atoms with Crippen molar-refractivity contribution in [2.24, 2.45) is 0 Å². The number of aromatic amines is 1. The minimum Gasteiger partial charge on any atom is -0.353 e. The Morgan fingerprint density at radius 1 is 1.46 bits per heavy atom. The third-order valence-corrected chi connectivity index (χ3v) is 5.05. The monoisotopic (exact) mass is 407 g/mol. The molecule has 0 bridgehead atoms. The summed E-state index contributed by atoms with van der Waals surface area (Å²) in [5, 5.41) is 2.86. The molecule has 0 spiro atoms. The van der Waals surface area contributed by atoms with E-state index in [9.17, 15) is 14.0 Å². The van der Waals surface area contributed by atoms with Crippen molar-refractivity contribution in [2.75, 3.05) is 20.1 Å². The Labute approximate surface area is 167 Å². The normalized spacial score (nSPS) is 17.4. The first-order chi connectivity index (χ1) is 13.3. The molecule has 0 saturated carbocycles. The number of rotatable bonds is 6. The lowest BCUT2D eigenvalue weighted by molar-refractivity contribution is -0.138. The van der Waals surface area contributed by atoms with Crippen molar-refractivity contribution >= 4 is 23.4 Å². The third kappa shape index (κ3) is 4.88. The van der Waals surface area contributed by atoms with Gasteiger partial charge < -0.3 is 15.2 Å². The maximum Gasteiger partial charge on any atom is 0.237 e. The van der Waals surface area contributed by atoms with E-state index in [4.69, 9.17) is 11.6 Å². The van der Waals surface area contributed by atoms with Crippen molar-refractivity contribution < 1.29 is 14.0 Å². The number of imidazole rings is 1. The Morgan fingerprint density at radius 2 is 2.25 bits per heavy atom. The van der Waals surface area contributed by atoms with Gasteiger partial charge in [-0.1, -0.05) is 17.7 Å². The summed E-state index contributed by atoms with van der Waals surface area (Å²) < 4.78 is 13.7. The van der Waals surface area contributed by atoms with Gasteiger partial charge in [-0.25, -0.2) is 9.37 Å². The van der Waals surface area contributed by atoms with Crippen molar-refractivity contribution in [3.63, 3.8) is 0 Å². The van der Waals surface area contributed by atoms with Crippen LogP contribution in [0.1, 0.15) is 23.5 Å². The number of carbonyl (C=O) groups is 2. The number of hydrogen-bond donors (Lipinski definition) is 2. The summed E-state index contributed by atoms with van der Waals surface area (Å²) in [5.74, 6) is -0.170. The van der Waals surface area contributed by atoms with E-state index >= 15 is 0 Å². The summed E-state index contributed by atoms with van der Waals surface area (Å²) in [4.78, 5) is 35.8. The molecule has 9 heteroatoms. The molecule has 2 N–H and O–H groups in total. The molecule has 150 valence electrons. The molecule has 1 saturated heterocycles. The molecule has 0 radical (unpaired) electrons. The van der Waals surface area contributed by atoms with E-state index in [1.54, 1.807) is 24.2 Å². The van der Waals surface area contributed by atoms with Crippen LogP contribution in [0, 0.1) is 12.7 Å². The Kier molecular flexibility index (Phi) is 6.31. The second-order valence-electron chi connectivity index (χ2n) is 6.99. The number of hydrogen-bond acceptors (Lipinski definition) is 4. The second kappa shape index (κ2) is 8.70. The third-order valence-electron chi connectivity index (χ3n) is 4.75. The molecule has 1 aliphatic heterocycles. The maximum absolute atomic E-state index is 13.7. The van der Waals surface area contributed by atoms with Gasteiger partial charge in [0.25, 0.3) is 0 Å². The van der Waals surface area contributed by atoms with Crippen LogP contribution in [0.4, 0.5) is 4.39 Å². The number of aryl methyl sites for hydroxylation is 1. The van der Waals surface area contributed by atoms with Crippen LogP contribution in [0.3, 0.4) is 0 Å². The lowest BCUT2D eigenvalue weighted by Gasteiger charge is -2.35. The molecule has 2 aromatic rings. The van der Waals surface area contributed by atoms with E-state index in [-0.39, 0.29) is 23.3 Å². The van der Waals surface area contributed by atoms with Gasteiger partial charge in [0.1, 0.15) is 11.6 Å². The minimum absolute atomic E-state index is 0.0398. The largest absolute Gasteiger partial charge is 0.353 e. The zero-order valence-corrected chi connectivity index (χ0v) is 16.6. The number of H-pyrrole nitrogens is 1. The highest BCUT2D eigenvalue weighted by atomic mass is 35.5. The molecule has 7 nitrogen and oxygen atoms in total. The van der Waals surface area contributed by atoms with Crippen molar-refractivity contribution in [2.45, 2.75) is 32.5 Å². The number of amides is 2. The number of benzene rings is 1. The lowest BCUT2D eigenvalue weighted by Crippen LogP contribution is -2.56. The highest BCUT2D eigenvalue weighted by Crippen LogP contribution is 2.19. The van der Waals surface area contributed by atoms with Crippen LogP contribution in [0.25, 0.3) is 0 Å². The van der Waals surface area contributed by atoms with Gasteiger partial charge in [0.15, 0.2) is 0 Å². The predicted molar refractivity (Wildman–Crippen MR) is 103 cm³/mol. The van der Waals surface area contributed by atoms with Gasteiger partial charge in [0.2, 0.25) is 11.8 Å². The standard InChI is InChI=1S/C19H23ClFN5O2/c1-12-9-23-17(24-12)11-25(2)18(27)8-16-19(28)22-5-6-26(16)10-13-3-4-14(20)15(21)7-13/h3-4,7,9,16H,5-6,8,10-11H2,1-2H3,(H,22,28)(H,23,24). The number of carbonyl (C=O) groups excluding carboxylic acids is 2. The molecule has 2 heterocycles. The van der Waals surface area contributed by atoms with Crippen molar-refractivity contribution in [1.82, 2.24) is 25.1 Å². The lowest BCUT2D eigenvalue weighted by atomic mass is 10.1. The molecule has 3 rings (SSSR count). The summed E-state index contributed by atoms with van der Waals surface area (Å²) in [6.45, 7) is 3.66. The quantitative estimate of drug-likeness (QED) is 0.765. The van der Waals surface area contributed by atoms with Gasteiger partial charge in [-0.2, -0.15) is 0 Å². The van der Waals surface area contributed by atoms with Crippen LogP contribution in [-0.4, -0.2) is 57.8 Å². The fourth-order valence-corrected chi connectivity index (χ4v) is 3.34. The highest BCUT2D eigenvalue weighted by molar-refractivity contribution is 6.30. The number of nitrogens with one attached hydrogen (secondary N) is 2. The second-order valence-corrected chi connectivity index (χ2v) is 7.40. The van der Waals surface area contributed by atoms with E-state index in [2.05, 4.69) is 15.3 Å². The van der Waals surface area contributed by atoms with Gasteiger partial charge in [0, 0.05) is 38.6 Å². The molecular formula is C19H23ClFN5O2. The SMILES string of the molecule is Cc1cnc(CN(C)C(=O)CC2C(=O)NCCN2Cc2ccc(Cl)c(F)c2)[nH]1. The first kappa shape index (κ1) is 20.3. The van der Waals surface area contributed by atoms with Gasteiger partial charge in [-0.15, -0.1) is 0 Å². The molecule has 0 aliphatic carbocycles. The first-order valence-corrected chi connectivity index (χ1v) is 9.41. The zero-order valence-electron chi connectivity index (χ0n) is 15.8. The van der Waals surface area contributed by atoms with Gasteiger partial charge in [-0.3, -0.25) is 14.5 Å². The van der Waals surface area contributed by atoms with Crippen LogP contribution in [0.15, 0.2) is 24.4 Å². The molecule has 28 heavy (non-hydrogen) atoms. The number of piperazine rings is 1. The smallest absolute Gasteiger partial charge is 0.237 e. The Balaban J connectivity index is 1.66. The average molecular weight is 408 g/mol. The summed E-state index contributed by atoms with van der Waals surface area (Å²) in [6.07, 6.45) is 1.74. The number of aromatic nitrogens is 2. The first-order valence-electron chi connectivity index (χ1n) is 9.03. The van der Waals surface area contributed by atoms with Crippen molar-refractivity contribution in [1.29, 1.82) is 0 Å². The molecule has 1 aromatic carbocycles. The van der Waals surface area contributed by atoms with Crippen molar-refractivity contribution in [3.8, 4) is 0 Å². The van der Waals surface area contributed by atoms with E-state index < -0.39 is 11.9 Å². The van der Waals surface area contributed by atoms with E-state index in [1.807, 2.05) is 11.8 Å². The van der Waals surface area contributed by atoms with Gasteiger partial charge in [0.05, 0.1) is 24.0 Å². The average Bonchev–Trinajstić information content (AvgIpc) is 3.05. The molecule has 1 aromatic heterocycles. The molecule has 2 amide bonds. The molecule has 1 atom stereocenters. The topological polar surface area (TPSA) is 81.3 Å². The van der Waals surface area contributed by atoms with Gasteiger partial charge in [-0.05, 0) is 24.6 Å². The van der Waals surface area contributed by atoms with Crippen LogP contribution >= 0.6 is 11.6 Å². The van der Waals surface area contributed by atoms with Crippen LogP contribution in [0.5, 0.6) is 0 Å². The summed E-state index contributed by atoms with van der Waals surface area (Å²) in [7, 11) is 1.68. The summed E-state index contributed by atoms with van der Waals surface area (Å²) in [5.41, 5.74) is 1.62.